The Morgan fingerprint density at radius 1 is 1.50 bits per heavy atom. The van der Waals surface area contributed by atoms with Gasteiger partial charge in [-0.2, -0.15) is 0 Å². The van der Waals surface area contributed by atoms with E-state index in [1.165, 1.54) is 5.56 Å². The summed E-state index contributed by atoms with van der Waals surface area (Å²) in [6.45, 7) is 5.89. The molecule has 0 radical (unpaired) electrons. The number of benzene rings is 1. The first-order valence-electron chi connectivity index (χ1n) is 5.07. The molecule has 14 heavy (non-hydrogen) atoms. The monoisotopic (exact) mass is 188 g/mol. The first kappa shape index (κ1) is 9.47. The second kappa shape index (κ2) is 3.25. The largest absolute Gasteiger partial charge is 0.388 e. The number of aliphatic hydroxyl groups excluding tert-OH is 1. The molecule has 0 amide bonds. The van der Waals surface area contributed by atoms with Crippen LogP contribution in [0.1, 0.15) is 30.6 Å². The normalized spacial score (nSPS) is 30.9. The second-order valence-electron chi connectivity index (χ2n) is 4.31. The van der Waals surface area contributed by atoms with Crippen molar-refractivity contribution in [3.05, 3.63) is 48.0 Å². The lowest BCUT2D eigenvalue weighted by Gasteiger charge is -2.37. The highest BCUT2D eigenvalue weighted by molar-refractivity contribution is 5.34. The molecule has 0 aromatic heterocycles. The zero-order valence-corrected chi connectivity index (χ0v) is 8.53. The SMILES string of the molecule is C=C[C@@]1(C)CCc2ccccc2[C@@H]1O. The zero-order valence-electron chi connectivity index (χ0n) is 8.53. The van der Waals surface area contributed by atoms with Crippen LogP contribution in [0.3, 0.4) is 0 Å². The molecule has 0 saturated carbocycles. The lowest BCUT2D eigenvalue weighted by molar-refractivity contribution is 0.0548. The van der Waals surface area contributed by atoms with Gasteiger partial charge < -0.3 is 5.11 Å². The number of hydrogen-bond donors (Lipinski definition) is 1. The predicted molar refractivity (Wildman–Crippen MR) is 58.0 cm³/mol. The standard InChI is InChI=1S/C13H16O/c1-3-13(2)9-8-10-6-4-5-7-11(10)12(13)14/h3-7,12,14H,1,8-9H2,2H3/t12-,13-/m0/s1. The number of fused-ring (bicyclic) bond motifs is 1. The fourth-order valence-electron chi connectivity index (χ4n) is 2.14. The van der Waals surface area contributed by atoms with E-state index in [4.69, 9.17) is 0 Å². The Balaban J connectivity index is 2.46. The molecule has 0 unspecified atom stereocenters. The van der Waals surface area contributed by atoms with Gasteiger partial charge in [-0.15, -0.1) is 6.58 Å². The summed E-state index contributed by atoms with van der Waals surface area (Å²) in [5.41, 5.74) is 2.19. The Hall–Kier alpha value is -1.08. The lowest BCUT2D eigenvalue weighted by atomic mass is 9.71. The molecule has 1 aliphatic carbocycles. The van der Waals surface area contributed by atoms with Crippen LogP contribution in [0, 0.1) is 5.41 Å². The molecule has 0 spiro atoms. The summed E-state index contributed by atoms with van der Waals surface area (Å²) >= 11 is 0. The summed E-state index contributed by atoms with van der Waals surface area (Å²) in [6, 6.07) is 8.13. The van der Waals surface area contributed by atoms with Gasteiger partial charge in [-0.05, 0) is 24.0 Å². The third kappa shape index (κ3) is 1.28. The zero-order chi connectivity index (χ0) is 10.2. The van der Waals surface area contributed by atoms with Crippen molar-refractivity contribution >= 4 is 0 Å². The fourth-order valence-corrected chi connectivity index (χ4v) is 2.14. The van der Waals surface area contributed by atoms with Crippen LogP contribution in [-0.4, -0.2) is 5.11 Å². The van der Waals surface area contributed by atoms with E-state index in [1.807, 2.05) is 24.3 Å². The first-order valence-corrected chi connectivity index (χ1v) is 5.07. The van der Waals surface area contributed by atoms with Crippen molar-refractivity contribution in [2.45, 2.75) is 25.9 Å². The molecule has 0 bridgehead atoms. The first-order chi connectivity index (χ1) is 6.67. The van der Waals surface area contributed by atoms with Crippen LogP contribution in [0.5, 0.6) is 0 Å². The average Bonchev–Trinajstić information content (AvgIpc) is 2.24. The molecule has 0 fully saturated rings. The van der Waals surface area contributed by atoms with Crippen LogP contribution in [-0.2, 0) is 6.42 Å². The molecule has 2 atom stereocenters. The van der Waals surface area contributed by atoms with Crippen LogP contribution in [0.15, 0.2) is 36.9 Å². The maximum atomic E-state index is 10.2. The Morgan fingerprint density at radius 3 is 2.93 bits per heavy atom. The molecular weight excluding hydrogens is 172 g/mol. The van der Waals surface area contributed by atoms with Crippen molar-refractivity contribution in [3.8, 4) is 0 Å². The summed E-state index contributed by atoms with van der Waals surface area (Å²) in [5, 5.41) is 10.2. The highest BCUT2D eigenvalue weighted by atomic mass is 16.3. The van der Waals surface area contributed by atoms with Gasteiger partial charge in [0.1, 0.15) is 0 Å². The van der Waals surface area contributed by atoms with Gasteiger partial charge in [-0.3, -0.25) is 0 Å². The van der Waals surface area contributed by atoms with E-state index in [0.717, 1.165) is 18.4 Å². The van der Waals surface area contributed by atoms with Crippen LogP contribution in [0.4, 0.5) is 0 Å². The Kier molecular flexibility index (Phi) is 2.20. The molecule has 1 aromatic rings. The maximum Gasteiger partial charge on any atom is 0.0880 e. The number of rotatable bonds is 1. The minimum Gasteiger partial charge on any atom is -0.388 e. The van der Waals surface area contributed by atoms with E-state index in [1.54, 1.807) is 0 Å². The Bertz CT molecular complexity index is 356. The van der Waals surface area contributed by atoms with E-state index in [9.17, 15) is 5.11 Å². The summed E-state index contributed by atoms with van der Waals surface area (Å²) in [5.74, 6) is 0. The van der Waals surface area contributed by atoms with Crippen molar-refractivity contribution < 1.29 is 5.11 Å². The Labute approximate surface area is 85.1 Å². The molecule has 0 aliphatic heterocycles. The van der Waals surface area contributed by atoms with Crippen molar-refractivity contribution in [2.24, 2.45) is 5.41 Å². The number of aryl methyl sites for hydroxylation is 1. The van der Waals surface area contributed by atoms with Gasteiger partial charge in [0.15, 0.2) is 0 Å². The molecule has 1 N–H and O–H groups in total. The smallest absolute Gasteiger partial charge is 0.0880 e. The van der Waals surface area contributed by atoms with E-state index >= 15 is 0 Å². The minimum absolute atomic E-state index is 0.158. The van der Waals surface area contributed by atoms with E-state index in [-0.39, 0.29) is 5.41 Å². The van der Waals surface area contributed by atoms with E-state index in [0.29, 0.717) is 0 Å². The highest BCUT2D eigenvalue weighted by Gasteiger charge is 2.35. The third-order valence-electron chi connectivity index (χ3n) is 3.37. The van der Waals surface area contributed by atoms with Gasteiger partial charge in [0, 0.05) is 5.41 Å². The fraction of sp³-hybridized carbons (Fsp3) is 0.385. The molecule has 0 saturated heterocycles. The van der Waals surface area contributed by atoms with Gasteiger partial charge in [-0.1, -0.05) is 37.3 Å². The molecule has 1 aromatic carbocycles. The molecule has 0 heterocycles. The van der Waals surface area contributed by atoms with Gasteiger partial charge in [-0.25, -0.2) is 0 Å². The summed E-state index contributed by atoms with van der Waals surface area (Å²) in [4.78, 5) is 0. The second-order valence-corrected chi connectivity index (χ2v) is 4.31. The topological polar surface area (TPSA) is 20.2 Å². The molecular formula is C13H16O. The highest BCUT2D eigenvalue weighted by Crippen LogP contribution is 2.44. The van der Waals surface area contributed by atoms with Crippen LogP contribution in [0.2, 0.25) is 0 Å². The summed E-state index contributed by atoms with van der Waals surface area (Å²) in [7, 11) is 0. The van der Waals surface area contributed by atoms with Crippen LogP contribution < -0.4 is 0 Å². The van der Waals surface area contributed by atoms with Crippen LogP contribution in [0.25, 0.3) is 0 Å². The van der Waals surface area contributed by atoms with Crippen molar-refractivity contribution in [1.29, 1.82) is 0 Å². The number of hydrogen-bond acceptors (Lipinski definition) is 1. The quantitative estimate of drug-likeness (QED) is 0.672. The predicted octanol–water partition coefficient (Wildman–Crippen LogP) is 2.86. The summed E-state index contributed by atoms with van der Waals surface area (Å²) < 4.78 is 0. The summed E-state index contributed by atoms with van der Waals surface area (Å²) in [6.07, 6.45) is 3.50. The van der Waals surface area contributed by atoms with Gasteiger partial charge in [0.25, 0.3) is 0 Å². The molecule has 2 rings (SSSR count). The van der Waals surface area contributed by atoms with Crippen molar-refractivity contribution in [2.75, 3.05) is 0 Å². The van der Waals surface area contributed by atoms with E-state index < -0.39 is 6.10 Å². The Morgan fingerprint density at radius 2 is 2.21 bits per heavy atom. The average molecular weight is 188 g/mol. The van der Waals surface area contributed by atoms with Gasteiger partial charge >= 0.3 is 0 Å². The van der Waals surface area contributed by atoms with Crippen molar-refractivity contribution in [3.63, 3.8) is 0 Å². The van der Waals surface area contributed by atoms with Gasteiger partial charge in [0.05, 0.1) is 6.10 Å². The maximum absolute atomic E-state index is 10.2. The van der Waals surface area contributed by atoms with Crippen LogP contribution >= 0.6 is 0 Å². The molecule has 1 heteroatoms. The molecule has 74 valence electrons. The third-order valence-corrected chi connectivity index (χ3v) is 3.37. The molecule has 1 aliphatic rings. The molecule has 1 nitrogen and oxygen atoms in total. The van der Waals surface area contributed by atoms with Gasteiger partial charge in [0.2, 0.25) is 0 Å². The van der Waals surface area contributed by atoms with E-state index in [2.05, 4.69) is 19.6 Å². The number of aliphatic hydroxyl groups is 1. The minimum atomic E-state index is -0.398. The lowest BCUT2D eigenvalue weighted by Crippen LogP contribution is -2.28. The van der Waals surface area contributed by atoms with Crippen molar-refractivity contribution in [1.82, 2.24) is 0 Å².